The molecule has 3 aromatic carbocycles. The van der Waals surface area contributed by atoms with Gasteiger partial charge >= 0.3 is 0 Å². The zero-order valence-electron chi connectivity index (χ0n) is 20.1. The van der Waals surface area contributed by atoms with E-state index in [0.29, 0.717) is 0 Å². The second kappa shape index (κ2) is 10.6. The van der Waals surface area contributed by atoms with E-state index < -0.39 is 0 Å². The largest absolute Gasteiger partial charge is 0.299 e. The highest BCUT2D eigenvalue weighted by Crippen LogP contribution is 2.31. The van der Waals surface area contributed by atoms with Gasteiger partial charge in [-0.1, -0.05) is 91.5 Å². The smallest absolute Gasteiger partial charge is 0.137 e. The number of hydrogen-bond donors (Lipinski definition) is 0. The van der Waals surface area contributed by atoms with Gasteiger partial charge < -0.3 is 0 Å². The monoisotopic (exact) mass is 442 g/mol. The number of aryl methyl sites for hydroxylation is 2. The van der Waals surface area contributed by atoms with Crippen molar-refractivity contribution in [2.24, 2.45) is 0 Å². The van der Waals surface area contributed by atoms with Crippen LogP contribution in [0.25, 0.3) is 16.8 Å². The molecule has 0 saturated heterocycles. The van der Waals surface area contributed by atoms with Crippen molar-refractivity contribution in [2.75, 3.05) is 4.90 Å². The highest BCUT2D eigenvalue weighted by Gasteiger charge is 2.14. The van der Waals surface area contributed by atoms with Gasteiger partial charge in [-0.15, -0.1) is 0 Å². The molecular formula is C32H30N2. The van der Waals surface area contributed by atoms with Crippen molar-refractivity contribution in [3.8, 4) is 11.3 Å². The fraction of sp³-hybridized carbons (Fsp3) is 0.0938. The van der Waals surface area contributed by atoms with Crippen molar-refractivity contribution >= 4 is 17.1 Å². The van der Waals surface area contributed by atoms with Crippen LogP contribution in [0.3, 0.4) is 0 Å². The van der Waals surface area contributed by atoms with E-state index in [-0.39, 0.29) is 0 Å². The number of nitrogens with zero attached hydrogens (tertiary/aromatic N) is 2. The van der Waals surface area contributed by atoms with Crippen LogP contribution in [0.1, 0.15) is 23.6 Å². The van der Waals surface area contributed by atoms with E-state index in [1.807, 2.05) is 12.1 Å². The Morgan fingerprint density at radius 2 is 1.44 bits per heavy atom. The molecule has 0 aliphatic carbocycles. The van der Waals surface area contributed by atoms with Crippen LogP contribution in [-0.2, 0) is 0 Å². The quantitative estimate of drug-likeness (QED) is 0.266. The highest BCUT2D eigenvalue weighted by atomic mass is 15.2. The molecule has 1 heterocycles. The third-order valence-corrected chi connectivity index (χ3v) is 5.88. The zero-order chi connectivity index (χ0) is 23.9. The van der Waals surface area contributed by atoms with Crippen molar-refractivity contribution in [1.29, 1.82) is 0 Å². The minimum absolute atomic E-state index is 0.881. The van der Waals surface area contributed by atoms with Crippen molar-refractivity contribution < 1.29 is 0 Å². The van der Waals surface area contributed by atoms with Gasteiger partial charge in [0, 0.05) is 16.9 Å². The second-order valence-corrected chi connectivity index (χ2v) is 8.37. The molecule has 0 N–H and O–H groups in total. The van der Waals surface area contributed by atoms with Crippen molar-refractivity contribution in [1.82, 2.24) is 4.98 Å². The summed E-state index contributed by atoms with van der Waals surface area (Å²) in [5, 5.41) is 0. The van der Waals surface area contributed by atoms with Crippen LogP contribution in [-0.4, -0.2) is 4.98 Å². The maximum atomic E-state index is 5.05. The van der Waals surface area contributed by atoms with Gasteiger partial charge in [-0.2, -0.15) is 0 Å². The van der Waals surface area contributed by atoms with E-state index in [1.54, 1.807) is 0 Å². The molecule has 2 heteroatoms. The summed E-state index contributed by atoms with van der Waals surface area (Å²) in [6, 6.07) is 33.2. The highest BCUT2D eigenvalue weighted by molar-refractivity contribution is 5.75. The van der Waals surface area contributed by atoms with Crippen LogP contribution >= 0.6 is 0 Å². The Bertz CT molecular complexity index is 1350. The summed E-state index contributed by atoms with van der Waals surface area (Å²) in [5.74, 6) is 0.881. The second-order valence-electron chi connectivity index (χ2n) is 8.37. The molecule has 0 amide bonds. The average molecular weight is 443 g/mol. The number of pyridine rings is 1. The Balaban J connectivity index is 1.69. The summed E-state index contributed by atoms with van der Waals surface area (Å²) in [6.45, 7) is 10.6. The van der Waals surface area contributed by atoms with E-state index in [2.05, 4.69) is 135 Å². The van der Waals surface area contributed by atoms with Gasteiger partial charge in [0.1, 0.15) is 5.82 Å². The lowest BCUT2D eigenvalue weighted by Crippen LogP contribution is -2.15. The molecule has 0 aliphatic rings. The molecule has 0 bridgehead atoms. The Morgan fingerprint density at radius 1 is 0.765 bits per heavy atom. The van der Waals surface area contributed by atoms with E-state index in [0.717, 1.165) is 39.6 Å². The first-order valence-corrected chi connectivity index (χ1v) is 11.5. The van der Waals surface area contributed by atoms with Gasteiger partial charge in [0.25, 0.3) is 0 Å². The number of allylic oxidation sites excluding steroid dienone is 5. The summed E-state index contributed by atoms with van der Waals surface area (Å²) in [6.07, 6.45) is 6.23. The molecule has 0 radical (unpaired) electrons. The van der Waals surface area contributed by atoms with Gasteiger partial charge in [0.05, 0.1) is 5.69 Å². The number of anilines is 2. The minimum atomic E-state index is 0.881. The lowest BCUT2D eigenvalue weighted by atomic mass is 10.0. The molecular weight excluding hydrogens is 412 g/mol. The summed E-state index contributed by atoms with van der Waals surface area (Å²) >= 11 is 0. The van der Waals surface area contributed by atoms with Crippen LogP contribution in [0.5, 0.6) is 0 Å². The molecule has 0 fully saturated rings. The molecule has 0 saturated carbocycles. The fourth-order valence-corrected chi connectivity index (χ4v) is 4.05. The third kappa shape index (κ3) is 5.24. The molecule has 4 rings (SSSR count). The molecule has 4 aromatic rings. The van der Waals surface area contributed by atoms with Crippen LogP contribution in [0.15, 0.2) is 128 Å². The first kappa shape index (κ1) is 23.0. The maximum Gasteiger partial charge on any atom is 0.137 e. The predicted octanol–water partition coefficient (Wildman–Crippen LogP) is 8.68. The Morgan fingerprint density at radius 3 is 2.18 bits per heavy atom. The Labute approximate surface area is 203 Å². The number of hydrogen-bond acceptors (Lipinski definition) is 2. The lowest BCUT2D eigenvalue weighted by molar-refractivity contribution is 1.10. The number of rotatable bonds is 7. The van der Waals surface area contributed by atoms with Crippen LogP contribution in [0.2, 0.25) is 0 Å². The number of aromatic nitrogens is 1. The number of para-hydroxylation sites is 1. The lowest BCUT2D eigenvalue weighted by Gasteiger charge is -2.25. The molecule has 0 atom stereocenters. The summed E-state index contributed by atoms with van der Waals surface area (Å²) in [5.41, 5.74) is 8.84. The standard InChI is InChI=1S/C32H30N2/c1-24-14-8-10-20-29(24)25(2)16-12-17-27(4)34(28-18-6-5-7-19-28)32-23-13-22-31(33-32)30-21-11-9-15-26(30)3/h5-23H,2H2,1,3-4H3/b16-12-,27-17+. The van der Waals surface area contributed by atoms with Gasteiger partial charge in [-0.3, -0.25) is 4.90 Å². The molecule has 0 aliphatic heterocycles. The third-order valence-electron chi connectivity index (χ3n) is 5.88. The van der Waals surface area contributed by atoms with Gasteiger partial charge in [0.2, 0.25) is 0 Å². The van der Waals surface area contributed by atoms with Crippen molar-refractivity contribution in [3.05, 3.63) is 144 Å². The van der Waals surface area contributed by atoms with Gasteiger partial charge in [-0.05, 0) is 73.4 Å². The number of benzene rings is 3. The van der Waals surface area contributed by atoms with E-state index in [1.165, 1.54) is 11.1 Å². The van der Waals surface area contributed by atoms with Crippen LogP contribution < -0.4 is 4.90 Å². The molecule has 2 nitrogen and oxygen atoms in total. The summed E-state index contributed by atoms with van der Waals surface area (Å²) in [4.78, 5) is 7.23. The molecule has 0 spiro atoms. The Kier molecular flexibility index (Phi) is 7.19. The molecule has 1 aromatic heterocycles. The molecule has 0 unspecified atom stereocenters. The SMILES string of the molecule is C=C(/C=C\C=C(/C)N(c1ccccc1)c1cccc(-c2ccccc2C)n1)c1ccccc1C. The minimum Gasteiger partial charge on any atom is -0.299 e. The average Bonchev–Trinajstić information content (AvgIpc) is 2.85. The van der Waals surface area contributed by atoms with Gasteiger partial charge in [0.15, 0.2) is 0 Å². The molecule has 168 valence electrons. The fourth-order valence-electron chi connectivity index (χ4n) is 4.05. The summed E-state index contributed by atoms with van der Waals surface area (Å²) in [7, 11) is 0. The Hall–Kier alpha value is -4.17. The summed E-state index contributed by atoms with van der Waals surface area (Å²) < 4.78 is 0. The van der Waals surface area contributed by atoms with Crippen LogP contribution in [0.4, 0.5) is 11.5 Å². The maximum absolute atomic E-state index is 5.05. The zero-order valence-corrected chi connectivity index (χ0v) is 20.1. The topological polar surface area (TPSA) is 16.1 Å². The first-order chi connectivity index (χ1) is 16.5. The predicted molar refractivity (Wildman–Crippen MR) is 146 cm³/mol. The van der Waals surface area contributed by atoms with Crippen molar-refractivity contribution in [2.45, 2.75) is 20.8 Å². The van der Waals surface area contributed by atoms with Gasteiger partial charge in [-0.25, -0.2) is 4.98 Å². The van der Waals surface area contributed by atoms with E-state index in [4.69, 9.17) is 4.98 Å². The van der Waals surface area contributed by atoms with E-state index in [9.17, 15) is 0 Å². The molecule has 34 heavy (non-hydrogen) atoms. The first-order valence-electron chi connectivity index (χ1n) is 11.5. The van der Waals surface area contributed by atoms with Crippen LogP contribution in [0, 0.1) is 13.8 Å². The van der Waals surface area contributed by atoms with Crippen molar-refractivity contribution in [3.63, 3.8) is 0 Å². The van der Waals surface area contributed by atoms with E-state index >= 15 is 0 Å². The normalized spacial score (nSPS) is 11.6.